The van der Waals surface area contributed by atoms with E-state index in [0.29, 0.717) is 23.6 Å². The minimum atomic E-state index is -0.734. The predicted molar refractivity (Wildman–Crippen MR) is 107 cm³/mol. The zero-order chi connectivity index (χ0) is 21.5. The van der Waals surface area contributed by atoms with Crippen molar-refractivity contribution in [2.24, 2.45) is 25.4 Å². The SMILES string of the molecule is CCCOc1ccc(NC=C(C#N)C(=O)OCC)cc1C1=NC(=O)C2=NN=NC2=N1. The van der Waals surface area contributed by atoms with Crippen molar-refractivity contribution in [2.45, 2.75) is 20.3 Å². The molecule has 0 fully saturated rings. The third-order valence-corrected chi connectivity index (χ3v) is 3.80. The molecule has 0 saturated carbocycles. The highest BCUT2D eigenvalue weighted by Crippen LogP contribution is 2.26. The maximum atomic E-state index is 12.2. The minimum Gasteiger partial charge on any atom is -0.493 e. The lowest BCUT2D eigenvalue weighted by Gasteiger charge is -2.14. The molecular formula is C19H17N7O4. The molecule has 2 aliphatic rings. The standard InChI is InChI=1S/C19H17N7O4/c1-3-7-30-14-6-5-12(21-10-11(9-20)19(28)29-4-2)8-13(14)16-22-17-15(18(27)23-16)24-26-25-17/h5-6,8,10,21H,3-4,7H2,1-2H3. The number of hydrogen-bond donors (Lipinski definition) is 1. The van der Waals surface area contributed by atoms with Gasteiger partial charge in [0.15, 0.2) is 11.4 Å². The lowest BCUT2D eigenvalue weighted by atomic mass is 10.1. The van der Waals surface area contributed by atoms with E-state index in [0.717, 1.165) is 6.42 Å². The number of carbonyl (C=O) groups excluding carboxylic acids is 2. The maximum Gasteiger partial charge on any atom is 0.350 e. The van der Waals surface area contributed by atoms with E-state index in [-0.39, 0.29) is 29.6 Å². The van der Waals surface area contributed by atoms with Crippen LogP contribution in [0.15, 0.2) is 55.4 Å². The molecule has 1 N–H and O–H groups in total. The lowest BCUT2D eigenvalue weighted by molar-refractivity contribution is -0.138. The highest BCUT2D eigenvalue weighted by atomic mass is 16.5. The van der Waals surface area contributed by atoms with Gasteiger partial charge in [-0.2, -0.15) is 10.3 Å². The fourth-order valence-corrected chi connectivity index (χ4v) is 2.44. The Morgan fingerprint density at radius 3 is 2.83 bits per heavy atom. The van der Waals surface area contributed by atoms with E-state index in [1.807, 2.05) is 6.92 Å². The lowest BCUT2D eigenvalue weighted by Crippen LogP contribution is -2.26. The molecule has 1 aromatic rings. The van der Waals surface area contributed by atoms with Gasteiger partial charge in [0, 0.05) is 11.9 Å². The highest BCUT2D eigenvalue weighted by Gasteiger charge is 2.29. The number of fused-ring (bicyclic) bond motifs is 1. The Morgan fingerprint density at radius 1 is 1.27 bits per heavy atom. The Hall–Kier alpha value is -4.20. The molecule has 11 heteroatoms. The molecule has 0 bridgehead atoms. The molecule has 0 saturated heterocycles. The van der Waals surface area contributed by atoms with Crippen molar-refractivity contribution < 1.29 is 19.1 Å². The number of hydrogen-bond acceptors (Lipinski definition) is 10. The van der Waals surface area contributed by atoms with Gasteiger partial charge in [0.25, 0.3) is 0 Å². The van der Waals surface area contributed by atoms with Gasteiger partial charge in [0.2, 0.25) is 11.5 Å². The molecule has 152 valence electrons. The summed E-state index contributed by atoms with van der Waals surface area (Å²) in [7, 11) is 0. The zero-order valence-corrected chi connectivity index (χ0v) is 16.2. The van der Waals surface area contributed by atoms with Gasteiger partial charge < -0.3 is 14.8 Å². The average Bonchev–Trinajstić information content (AvgIpc) is 3.22. The van der Waals surface area contributed by atoms with E-state index in [2.05, 4.69) is 30.7 Å². The fourth-order valence-electron chi connectivity index (χ4n) is 2.44. The Morgan fingerprint density at radius 2 is 2.10 bits per heavy atom. The zero-order valence-electron chi connectivity index (χ0n) is 16.2. The van der Waals surface area contributed by atoms with Crippen LogP contribution in [0, 0.1) is 11.3 Å². The second kappa shape index (κ2) is 9.33. The van der Waals surface area contributed by atoms with Crippen molar-refractivity contribution in [2.75, 3.05) is 18.5 Å². The summed E-state index contributed by atoms with van der Waals surface area (Å²) in [6.45, 7) is 4.21. The van der Waals surface area contributed by atoms with Crippen LogP contribution >= 0.6 is 0 Å². The van der Waals surface area contributed by atoms with Gasteiger partial charge in [0.1, 0.15) is 11.8 Å². The summed E-state index contributed by atoms with van der Waals surface area (Å²) in [6, 6.07) is 6.77. The summed E-state index contributed by atoms with van der Waals surface area (Å²) in [6.07, 6.45) is 2.01. The van der Waals surface area contributed by atoms with E-state index in [9.17, 15) is 9.59 Å². The summed E-state index contributed by atoms with van der Waals surface area (Å²) < 4.78 is 10.6. The van der Waals surface area contributed by atoms with Crippen molar-refractivity contribution in [3.05, 3.63) is 35.5 Å². The normalized spacial score (nSPS) is 14.9. The summed E-state index contributed by atoms with van der Waals surface area (Å²) in [5.41, 5.74) is 0.731. The van der Waals surface area contributed by atoms with E-state index in [1.165, 1.54) is 6.20 Å². The van der Waals surface area contributed by atoms with Crippen LogP contribution in [-0.2, 0) is 14.3 Å². The van der Waals surface area contributed by atoms with Crippen LogP contribution in [0.5, 0.6) is 5.75 Å². The summed E-state index contributed by atoms with van der Waals surface area (Å²) in [4.78, 5) is 32.1. The summed E-state index contributed by atoms with van der Waals surface area (Å²) >= 11 is 0. The number of nitriles is 1. The molecule has 1 aromatic carbocycles. The van der Waals surface area contributed by atoms with Crippen molar-refractivity contribution in [1.29, 1.82) is 5.26 Å². The molecule has 11 nitrogen and oxygen atoms in total. The highest BCUT2D eigenvalue weighted by molar-refractivity contribution is 6.69. The van der Waals surface area contributed by atoms with Crippen LogP contribution in [0.3, 0.4) is 0 Å². The predicted octanol–water partition coefficient (Wildman–Crippen LogP) is 2.36. The van der Waals surface area contributed by atoms with Gasteiger partial charge in [-0.3, -0.25) is 4.79 Å². The van der Waals surface area contributed by atoms with E-state index >= 15 is 0 Å². The Bertz CT molecular complexity index is 1080. The molecular weight excluding hydrogens is 390 g/mol. The van der Waals surface area contributed by atoms with Crippen LogP contribution in [0.4, 0.5) is 5.69 Å². The Kier molecular flexibility index (Phi) is 6.39. The van der Waals surface area contributed by atoms with Gasteiger partial charge in [-0.25, -0.2) is 9.79 Å². The summed E-state index contributed by atoms with van der Waals surface area (Å²) in [5.74, 6) is -0.696. The third-order valence-electron chi connectivity index (χ3n) is 3.80. The molecule has 2 aliphatic heterocycles. The first-order valence-corrected chi connectivity index (χ1v) is 9.09. The quantitative estimate of drug-likeness (QED) is 0.397. The van der Waals surface area contributed by atoms with Gasteiger partial charge >= 0.3 is 11.9 Å². The molecule has 1 amide bonds. The van der Waals surface area contributed by atoms with Crippen LogP contribution < -0.4 is 10.1 Å². The number of nitrogens with zero attached hydrogens (tertiary/aromatic N) is 6. The first-order chi connectivity index (χ1) is 14.6. The first kappa shape index (κ1) is 20.5. The average molecular weight is 407 g/mol. The van der Waals surface area contributed by atoms with Crippen LogP contribution in [-0.4, -0.2) is 42.5 Å². The number of aliphatic imine (C=N–C) groups is 2. The number of benzene rings is 1. The number of anilines is 1. The number of carbonyl (C=O) groups is 2. The van der Waals surface area contributed by atoms with Gasteiger partial charge in [0.05, 0.1) is 18.8 Å². The molecule has 0 aromatic heterocycles. The number of ether oxygens (including phenoxy) is 2. The van der Waals surface area contributed by atoms with E-state index in [4.69, 9.17) is 14.7 Å². The van der Waals surface area contributed by atoms with E-state index in [1.54, 1.807) is 31.2 Å². The number of rotatable bonds is 8. The second-order valence-corrected chi connectivity index (χ2v) is 5.91. The van der Waals surface area contributed by atoms with Gasteiger partial charge in [-0.05, 0) is 36.8 Å². The molecule has 0 atom stereocenters. The Labute approximate surface area is 171 Å². The van der Waals surface area contributed by atoms with Crippen LogP contribution in [0.25, 0.3) is 0 Å². The molecule has 30 heavy (non-hydrogen) atoms. The smallest absolute Gasteiger partial charge is 0.350 e. The topological polar surface area (TPSA) is 150 Å². The monoisotopic (exact) mass is 407 g/mol. The van der Waals surface area contributed by atoms with Crippen molar-refractivity contribution in [3.63, 3.8) is 0 Å². The second-order valence-electron chi connectivity index (χ2n) is 5.91. The van der Waals surface area contributed by atoms with Crippen molar-refractivity contribution in [1.82, 2.24) is 0 Å². The molecule has 0 aliphatic carbocycles. The van der Waals surface area contributed by atoms with Gasteiger partial charge in [-0.1, -0.05) is 6.92 Å². The van der Waals surface area contributed by atoms with Crippen LogP contribution in [0.1, 0.15) is 25.8 Å². The number of nitrogens with one attached hydrogen (secondary N) is 1. The number of amides is 1. The van der Waals surface area contributed by atoms with Gasteiger partial charge in [-0.15, -0.1) is 10.2 Å². The Balaban J connectivity index is 1.94. The molecule has 3 rings (SSSR count). The number of esters is 1. The van der Waals surface area contributed by atoms with E-state index < -0.39 is 11.9 Å². The fraction of sp³-hybridized carbons (Fsp3) is 0.263. The number of amidine groups is 2. The van der Waals surface area contributed by atoms with Crippen LogP contribution in [0.2, 0.25) is 0 Å². The molecule has 2 heterocycles. The first-order valence-electron chi connectivity index (χ1n) is 9.09. The molecule has 0 spiro atoms. The van der Waals surface area contributed by atoms with Crippen molar-refractivity contribution in [3.8, 4) is 11.8 Å². The molecule has 0 radical (unpaired) electrons. The van der Waals surface area contributed by atoms with Crippen molar-refractivity contribution >= 4 is 34.9 Å². The maximum absolute atomic E-state index is 12.2. The summed E-state index contributed by atoms with van der Waals surface area (Å²) in [5, 5.41) is 22.8. The largest absolute Gasteiger partial charge is 0.493 e. The third kappa shape index (κ3) is 4.44. The molecule has 0 unspecified atom stereocenters. The minimum absolute atomic E-state index is 0.0138.